The number of ether oxygens (including phenoxy) is 2. The number of benzene rings is 2. The van der Waals surface area contributed by atoms with Crippen LogP contribution < -0.4 is 4.74 Å². The topological polar surface area (TPSA) is 72.2 Å². The first-order valence-corrected chi connectivity index (χ1v) is 11.3. The summed E-state index contributed by atoms with van der Waals surface area (Å²) in [5, 5.41) is 10.6. The van der Waals surface area contributed by atoms with E-state index in [9.17, 15) is 10.1 Å². The Bertz CT molecular complexity index is 1190. The standard InChI is InChI=1S/C26H24Cl2N2O3/c1-16(2)25(17(3)13-23(27)28)26(31)33-22(15-29)20-14-24(32-18-9-5-4-6-10-18)30-21-12-8-7-11-19(20)21/h4-14,16-17,22,25H,1-3H3. The van der Waals surface area contributed by atoms with E-state index in [4.69, 9.17) is 32.7 Å². The summed E-state index contributed by atoms with van der Waals surface area (Å²) < 4.78 is 11.7. The molecule has 1 heterocycles. The van der Waals surface area contributed by atoms with Crippen LogP contribution in [0.3, 0.4) is 0 Å². The van der Waals surface area contributed by atoms with E-state index in [0.717, 1.165) is 0 Å². The lowest BCUT2D eigenvalue weighted by Gasteiger charge is -2.25. The Balaban J connectivity index is 1.97. The van der Waals surface area contributed by atoms with E-state index in [2.05, 4.69) is 11.1 Å². The molecule has 33 heavy (non-hydrogen) atoms. The van der Waals surface area contributed by atoms with E-state index in [1.54, 1.807) is 12.1 Å². The number of esters is 1. The molecule has 3 atom stereocenters. The highest BCUT2D eigenvalue weighted by atomic mass is 35.5. The van der Waals surface area contributed by atoms with E-state index in [1.165, 1.54) is 0 Å². The number of aromatic nitrogens is 1. The van der Waals surface area contributed by atoms with Crippen LogP contribution in [0.2, 0.25) is 0 Å². The van der Waals surface area contributed by atoms with E-state index >= 15 is 0 Å². The Morgan fingerprint density at radius 3 is 2.36 bits per heavy atom. The summed E-state index contributed by atoms with van der Waals surface area (Å²) in [4.78, 5) is 17.7. The van der Waals surface area contributed by atoms with Crippen LogP contribution in [0.4, 0.5) is 0 Å². The molecule has 0 N–H and O–H groups in total. The molecule has 7 heteroatoms. The summed E-state index contributed by atoms with van der Waals surface area (Å²) in [5.74, 6) is -0.440. The number of hydrogen-bond acceptors (Lipinski definition) is 5. The van der Waals surface area contributed by atoms with Crippen LogP contribution in [0.15, 0.2) is 71.2 Å². The van der Waals surface area contributed by atoms with Gasteiger partial charge in [-0.3, -0.25) is 4.79 Å². The molecule has 0 radical (unpaired) electrons. The second-order valence-electron chi connectivity index (χ2n) is 8.01. The molecule has 3 aromatic rings. The number of allylic oxidation sites excluding steroid dienone is 1. The van der Waals surface area contributed by atoms with Crippen molar-refractivity contribution in [3.63, 3.8) is 0 Å². The molecular formula is C26H24Cl2N2O3. The SMILES string of the molecule is CC(C)C(C(=O)OC(C#N)c1cc(Oc2ccccc2)nc2ccccc12)C(C)C=C(Cl)Cl. The number of pyridine rings is 1. The fraction of sp³-hybridized carbons (Fsp3) is 0.269. The van der Waals surface area contributed by atoms with Crippen molar-refractivity contribution in [2.24, 2.45) is 17.8 Å². The summed E-state index contributed by atoms with van der Waals surface area (Å²) in [6.07, 6.45) is 0.455. The van der Waals surface area contributed by atoms with E-state index in [-0.39, 0.29) is 16.3 Å². The van der Waals surface area contributed by atoms with Gasteiger partial charge < -0.3 is 9.47 Å². The van der Waals surface area contributed by atoms with Gasteiger partial charge in [0.2, 0.25) is 12.0 Å². The number of fused-ring (bicyclic) bond motifs is 1. The molecule has 0 aliphatic carbocycles. The second kappa shape index (κ2) is 11.2. The smallest absolute Gasteiger partial charge is 0.311 e. The molecule has 0 bridgehead atoms. The number of hydrogen-bond donors (Lipinski definition) is 0. The lowest BCUT2D eigenvalue weighted by atomic mass is 9.84. The van der Waals surface area contributed by atoms with Crippen LogP contribution in [0.5, 0.6) is 11.6 Å². The van der Waals surface area contributed by atoms with Gasteiger partial charge in [0.15, 0.2) is 0 Å². The molecule has 0 spiro atoms. The fourth-order valence-corrected chi connectivity index (χ4v) is 4.20. The van der Waals surface area contributed by atoms with Gasteiger partial charge in [0.25, 0.3) is 0 Å². The van der Waals surface area contributed by atoms with Gasteiger partial charge in [0.05, 0.1) is 11.4 Å². The highest BCUT2D eigenvalue weighted by Crippen LogP contribution is 2.33. The Kier molecular flexibility index (Phi) is 8.32. The minimum atomic E-state index is -1.15. The molecule has 5 nitrogen and oxygen atoms in total. The summed E-state index contributed by atoms with van der Waals surface area (Å²) in [6, 6.07) is 20.3. The number of carbonyl (C=O) groups is 1. The molecule has 1 aromatic heterocycles. The van der Waals surface area contributed by atoms with Gasteiger partial charge in [0.1, 0.15) is 16.3 Å². The fourth-order valence-electron chi connectivity index (χ4n) is 3.81. The number of nitrogens with zero attached hydrogens (tertiary/aromatic N) is 2. The maximum absolute atomic E-state index is 13.1. The summed E-state index contributed by atoms with van der Waals surface area (Å²) in [7, 11) is 0. The number of halogens is 2. The number of rotatable bonds is 8. The van der Waals surface area contributed by atoms with Gasteiger partial charge >= 0.3 is 5.97 Å². The molecule has 0 saturated carbocycles. The highest BCUT2D eigenvalue weighted by molar-refractivity contribution is 6.55. The molecule has 0 fully saturated rings. The van der Waals surface area contributed by atoms with Crippen LogP contribution in [0, 0.1) is 29.1 Å². The molecule has 0 aliphatic heterocycles. The van der Waals surface area contributed by atoms with Crippen LogP contribution in [-0.4, -0.2) is 11.0 Å². The molecule has 0 aliphatic rings. The van der Waals surface area contributed by atoms with Crippen molar-refractivity contribution in [2.75, 3.05) is 0 Å². The third-order valence-electron chi connectivity index (χ3n) is 5.27. The Morgan fingerprint density at radius 1 is 1.06 bits per heavy atom. The van der Waals surface area contributed by atoms with Crippen molar-refractivity contribution in [1.82, 2.24) is 4.98 Å². The molecule has 170 valence electrons. The Morgan fingerprint density at radius 2 is 1.73 bits per heavy atom. The van der Waals surface area contributed by atoms with E-state index in [0.29, 0.717) is 28.1 Å². The minimum Gasteiger partial charge on any atom is -0.442 e. The van der Waals surface area contributed by atoms with Gasteiger partial charge in [-0.2, -0.15) is 5.26 Å². The predicted octanol–water partition coefficient (Wildman–Crippen LogP) is 7.36. The van der Waals surface area contributed by atoms with Gasteiger partial charge in [-0.25, -0.2) is 4.98 Å². The monoisotopic (exact) mass is 482 g/mol. The molecule has 2 aromatic carbocycles. The Hall–Kier alpha value is -3.07. The van der Waals surface area contributed by atoms with Crippen LogP contribution in [0.1, 0.15) is 32.4 Å². The largest absolute Gasteiger partial charge is 0.442 e. The number of para-hydroxylation sites is 2. The lowest BCUT2D eigenvalue weighted by Crippen LogP contribution is -2.29. The van der Waals surface area contributed by atoms with Crippen LogP contribution in [0.25, 0.3) is 10.9 Å². The van der Waals surface area contributed by atoms with E-state index < -0.39 is 18.0 Å². The van der Waals surface area contributed by atoms with E-state index in [1.807, 2.05) is 75.4 Å². The lowest BCUT2D eigenvalue weighted by molar-refractivity contribution is -0.154. The quantitative estimate of drug-likeness (QED) is 0.313. The molecule has 0 saturated heterocycles. The van der Waals surface area contributed by atoms with Crippen molar-refractivity contribution in [1.29, 1.82) is 5.26 Å². The van der Waals surface area contributed by atoms with Crippen molar-refractivity contribution in [3.05, 3.63) is 76.8 Å². The number of carbonyl (C=O) groups excluding carboxylic acids is 1. The van der Waals surface area contributed by atoms with Crippen LogP contribution in [-0.2, 0) is 9.53 Å². The Labute approximate surface area is 203 Å². The zero-order valence-electron chi connectivity index (χ0n) is 18.5. The zero-order chi connectivity index (χ0) is 24.0. The molecule has 3 unspecified atom stereocenters. The molecule has 0 amide bonds. The first-order chi connectivity index (χ1) is 15.8. The third-order valence-corrected chi connectivity index (χ3v) is 5.52. The van der Waals surface area contributed by atoms with Gasteiger partial charge in [-0.05, 0) is 30.0 Å². The highest BCUT2D eigenvalue weighted by Gasteiger charge is 2.32. The third kappa shape index (κ3) is 6.25. The average Bonchev–Trinajstić information content (AvgIpc) is 2.77. The summed E-state index contributed by atoms with van der Waals surface area (Å²) in [5.41, 5.74) is 1.13. The van der Waals surface area contributed by atoms with Gasteiger partial charge in [-0.15, -0.1) is 0 Å². The zero-order valence-corrected chi connectivity index (χ0v) is 20.0. The normalized spacial score (nSPS) is 13.6. The summed E-state index contributed by atoms with van der Waals surface area (Å²) >= 11 is 11.6. The van der Waals surface area contributed by atoms with Crippen molar-refractivity contribution in [2.45, 2.75) is 26.9 Å². The number of nitriles is 1. The second-order valence-corrected chi connectivity index (χ2v) is 9.02. The average molecular weight is 483 g/mol. The van der Waals surface area contributed by atoms with Crippen molar-refractivity contribution in [3.8, 4) is 17.7 Å². The maximum Gasteiger partial charge on any atom is 0.311 e. The van der Waals surface area contributed by atoms with Gasteiger partial charge in [-0.1, -0.05) is 86.4 Å². The maximum atomic E-state index is 13.1. The van der Waals surface area contributed by atoms with Crippen molar-refractivity contribution < 1.29 is 14.3 Å². The molecule has 3 rings (SSSR count). The van der Waals surface area contributed by atoms with Crippen molar-refractivity contribution >= 4 is 40.1 Å². The first kappa shape index (κ1) is 24.6. The van der Waals surface area contributed by atoms with Gasteiger partial charge in [0, 0.05) is 17.0 Å². The predicted molar refractivity (Wildman–Crippen MR) is 130 cm³/mol. The first-order valence-electron chi connectivity index (χ1n) is 10.6. The summed E-state index contributed by atoms with van der Waals surface area (Å²) in [6.45, 7) is 5.66. The van der Waals surface area contributed by atoms with Crippen LogP contribution >= 0.6 is 23.2 Å². The molecular weight excluding hydrogens is 459 g/mol. The minimum absolute atomic E-state index is 0.0538.